The number of aromatic nitrogens is 5. The first-order valence-electron chi connectivity index (χ1n) is 8.38. The van der Waals surface area contributed by atoms with E-state index in [0.29, 0.717) is 9.36 Å². The van der Waals surface area contributed by atoms with Crippen LogP contribution in [-0.2, 0) is 9.47 Å². The zero-order valence-electron chi connectivity index (χ0n) is 14.9. The van der Waals surface area contributed by atoms with Crippen LogP contribution >= 0.6 is 0 Å². The summed E-state index contributed by atoms with van der Waals surface area (Å²) in [6.45, 7) is 0.778. The standard InChI is InChI=1S/C14H18N6O9/c1-2-28-13(26)6-5-7(19(17-6)14(15)27)11(25)20(18-16-5)12-10(24)9(23)8(22)4(3-21)29-12/h4,8-10,12,21-24H,2-3H2,1H3,(H2,15,27). The van der Waals surface area contributed by atoms with Crippen molar-refractivity contribution in [2.24, 2.45) is 5.73 Å². The number of nitrogens with two attached hydrogens (primary N) is 1. The molecule has 3 heterocycles. The van der Waals surface area contributed by atoms with Crippen molar-refractivity contribution in [1.82, 2.24) is 24.8 Å². The summed E-state index contributed by atoms with van der Waals surface area (Å²) in [5.41, 5.74) is 2.70. The molecule has 29 heavy (non-hydrogen) atoms. The second-order valence-electron chi connectivity index (χ2n) is 6.07. The van der Waals surface area contributed by atoms with Gasteiger partial charge in [-0.1, -0.05) is 5.21 Å². The van der Waals surface area contributed by atoms with Gasteiger partial charge in [-0.15, -0.1) is 5.10 Å². The lowest BCUT2D eigenvalue weighted by Gasteiger charge is -2.39. The van der Waals surface area contributed by atoms with Crippen LogP contribution in [0.5, 0.6) is 0 Å². The van der Waals surface area contributed by atoms with E-state index in [9.17, 15) is 34.8 Å². The molecule has 1 fully saturated rings. The number of carbonyl (C=O) groups excluding carboxylic acids is 2. The highest BCUT2D eigenvalue weighted by molar-refractivity contribution is 6.02. The van der Waals surface area contributed by atoms with Crippen molar-refractivity contribution >= 4 is 23.0 Å². The lowest BCUT2D eigenvalue weighted by Crippen LogP contribution is -2.58. The third-order valence-electron chi connectivity index (χ3n) is 4.30. The molecule has 0 saturated carbocycles. The molecule has 15 heteroatoms. The molecule has 1 amide bonds. The van der Waals surface area contributed by atoms with E-state index in [1.807, 2.05) is 0 Å². The number of carbonyl (C=O) groups is 2. The van der Waals surface area contributed by atoms with Gasteiger partial charge in [0.1, 0.15) is 24.4 Å². The zero-order valence-corrected chi connectivity index (χ0v) is 14.9. The van der Waals surface area contributed by atoms with Gasteiger partial charge in [0.25, 0.3) is 5.56 Å². The molecular formula is C14H18N6O9. The Bertz CT molecular complexity index is 1000. The van der Waals surface area contributed by atoms with Crippen molar-refractivity contribution in [3.63, 3.8) is 0 Å². The Balaban J connectivity index is 2.17. The summed E-state index contributed by atoms with van der Waals surface area (Å²) in [6.07, 6.45) is -8.29. The molecule has 2 aromatic heterocycles. The van der Waals surface area contributed by atoms with Crippen molar-refractivity contribution in [1.29, 1.82) is 0 Å². The normalized spacial score (nSPS) is 27.1. The van der Waals surface area contributed by atoms with Gasteiger partial charge >= 0.3 is 12.0 Å². The number of nitrogens with zero attached hydrogens (tertiary/aromatic N) is 5. The number of amides is 1. The molecule has 0 radical (unpaired) electrons. The van der Waals surface area contributed by atoms with Gasteiger partial charge in [-0.05, 0) is 6.92 Å². The van der Waals surface area contributed by atoms with Crippen molar-refractivity contribution in [3.8, 4) is 0 Å². The first kappa shape index (κ1) is 20.7. The van der Waals surface area contributed by atoms with Crippen molar-refractivity contribution in [2.45, 2.75) is 37.6 Å². The second kappa shape index (κ2) is 7.80. The molecule has 1 aliphatic heterocycles. The third-order valence-corrected chi connectivity index (χ3v) is 4.30. The van der Waals surface area contributed by atoms with Gasteiger partial charge in [0.05, 0.1) is 13.2 Å². The van der Waals surface area contributed by atoms with E-state index in [2.05, 4.69) is 15.4 Å². The Morgan fingerprint density at radius 3 is 2.52 bits per heavy atom. The first-order chi connectivity index (χ1) is 13.7. The van der Waals surface area contributed by atoms with Gasteiger partial charge in [-0.25, -0.2) is 9.59 Å². The quantitative estimate of drug-likeness (QED) is 0.302. The van der Waals surface area contributed by atoms with Crippen LogP contribution in [-0.4, -0.2) is 94.8 Å². The largest absolute Gasteiger partial charge is 0.461 e. The number of aliphatic hydroxyl groups excluding tert-OH is 4. The molecule has 0 aliphatic carbocycles. The molecule has 6 N–H and O–H groups in total. The van der Waals surface area contributed by atoms with Gasteiger partial charge in [0, 0.05) is 0 Å². The predicted octanol–water partition coefficient (Wildman–Crippen LogP) is -3.94. The second-order valence-corrected chi connectivity index (χ2v) is 6.07. The summed E-state index contributed by atoms with van der Waals surface area (Å²) < 4.78 is 10.9. The molecule has 158 valence electrons. The summed E-state index contributed by atoms with van der Waals surface area (Å²) >= 11 is 0. The molecule has 5 unspecified atom stereocenters. The van der Waals surface area contributed by atoms with Crippen molar-refractivity contribution in [3.05, 3.63) is 16.0 Å². The average molecular weight is 414 g/mol. The maximum absolute atomic E-state index is 12.9. The minimum absolute atomic E-state index is 0.0148. The Kier molecular flexibility index (Phi) is 5.58. The molecule has 5 atom stereocenters. The fraction of sp³-hybridized carbons (Fsp3) is 0.571. The fourth-order valence-electron chi connectivity index (χ4n) is 2.89. The van der Waals surface area contributed by atoms with E-state index in [0.717, 1.165) is 0 Å². The van der Waals surface area contributed by atoms with Gasteiger partial charge < -0.3 is 35.6 Å². The first-order valence-corrected chi connectivity index (χ1v) is 8.38. The van der Waals surface area contributed by atoms with E-state index in [1.165, 1.54) is 6.92 Å². The number of hydrogen-bond donors (Lipinski definition) is 5. The third kappa shape index (κ3) is 3.34. The maximum atomic E-state index is 12.9. The van der Waals surface area contributed by atoms with Crippen LogP contribution in [0.25, 0.3) is 11.0 Å². The molecule has 0 aromatic carbocycles. The smallest absolute Gasteiger partial charge is 0.361 e. The lowest BCUT2D eigenvalue weighted by atomic mass is 9.98. The zero-order chi connectivity index (χ0) is 21.5. The SMILES string of the molecule is CCOC(=O)c1nn(C(N)=O)c2c(=O)n(C3OC(CO)C(O)C(O)C3O)nnc12. The van der Waals surface area contributed by atoms with Crippen molar-refractivity contribution < 1.29 is 39.5 Å². The molecule has 0 spiro atoms. The van der Waals surface area contributed by atoms with E-state index in [1.54, 1.807) is 0 Å². The maximum Gasteiger partial charge on any atom is 0.361 e. The fourth-order valence-corrected chi connectivity index (χ4v) is 2.89. The van der Waals surface area contributed by atoms with Crippen LogP contribution in [0.3, 0.4) is 0 Å². The molecule has 1 saturated heterocycles. The number of rotatable bonds is 4. The number of ether oxygens (including phenoxy) is 2. The van der Waals surface area contributed by atoms with E-state index < -0.39 is 66.0 Å². The Labute approximate surface area is 160 Å². The molecular weight excluding hydrogens is 396 g/mol. The molecule has 15 nitrogen and oxygen atoms in total. The highest BCUT2D eigenvalue weighted by atomic mass is 16.6. The Morgan fingerprint density at radius 1 is 1.24 bits per heavy atom. The summed E-state index contributed by atoms with van der Waals surface area (Å²) in [4.78, 5) is 36.6. The number of esters is 1. The number of fused-ring (bicyclic) bond motifs is 1. The van der Waals surface area contributed by atoms with Gasteiger partial charge in [0.15, 0.2) is 23.0 Å². The van der Waals surface area contributed by atoms with Crippen LogP contribution in [0.15, 0.2) is 4.79 Å². The highest BCUT2D eigenvalue weighted by Crippen LogP contribution is 2.27. The summed E-state index contributed by atoms with van der Waals surface area (Å²) in [5.74, 6) is -0.975. The predicted molar refractivity (Wildman–Crippen MR) is 89.5 cm³/mol. The average Bonchev–Trinajstić information content (AvgIpc) is 3.08. The molecule has 2 aromatic rings. The van der Waals surface area contributed by atoms with E-state index in [-0.39, 0.29) is 12.1 Å². The van der Waals surface area contributed by atoms with Crippen LogP contribution in [0.4, 0.5) is 4.79 Å². The number of hydrogen-bond acceptors (Lipinski definition) is 12. The molecule has 3 rings (SSSR count). The van der Waals surface area contributed by atoms with Gasteiger partial charge in [-0.3, -0.25) is 4.79 Å². The summed E-state index contributed by atoms with van der Waals surface area (Å²) in [5, 5.41) is 50.1. The lowest BCUT2D eigenvalue weighted by molar-refractivity contribution is -0.255. The minimum Gasteiger partial charge on any atom is -0.461 e. The monoisotopic (exact) mass is 414 g/mol. The van der Waals surface area contributed by atoms with Gasteiger partial charge in [-0.2, -0.15) is 14.5 Å². The van der Waals surface area contributed by atoms with Crippen LogP contribution in [0.2, 0.25) is 0 Å². The van der Waals surface area contributed by atoms with E-state index in [4.69, 9.17) is 15.2 Å². The van der Waals surface area contributed by atoms with Crippen LogP contribution < -0.4 is 11.3 Å². The topological polar surface area (TPSA) is 225 Å². The number of aliphatic hydroxyl groups is 4. The van der Waals surface area contributed by atoms with Crippen LogP contribution in [0.1, 0.15) is 23.6 Å². The minimum atomic E-state index is -1.84. The summed E-state index contributed by atoms with van der Waals surface area (Å²) in [7, 11) is 0. The van der Waals surface area contributed by atoms with E-state index >= 15 is 0 Å². The van der Waals surface area contributed by atoms with Crippen LogP contribution in [0, 0.1) is 0 Å². The Hall–Kier alpha value is -2.98. The van der Waals surface area contributed by atoms with Crippen molar-refractivity contribution in [2.75, 3.05) is 13.2 Å². The summed E-state index contributed by atoms with van der Waals surface area (Å²) in [6, 6.07) is -1.21. The van der Waals surface area contributed by atoms with Gasteiger partial charge in [0.2, 0.25) is 0 Å². The number of primary amides is 1. The highest BCUT2D eigenvalue weighted by Gasteiger charge is 2.45. The molecule has 0 bridgehead atoms. The molecule has 1 aliphatic rings. The Morgan fingerprint density at radius 2 is 1.93 bits per heavy atom.